The van der Waals surface area contributed by atoms with Gasteiger partial charge in [-0.25, -0.2) is 0 Å². The molecule has 4 heteroatoms. The smallest absolute Gasteiger partial charge is 0.280 e. The van der Waals surface area contributed by atoms with Gasteiger partial charge >= 0.3 is 0 Å². The zero-order valence-corrected chi connectivity index (χ0v) is 14.2. The third-order valence-electron chi connectivity index (χ3n) is 4.74. The molecule has 124 valence electrons. The Labute approximate surface area is 137 Å². The molecule has 0 amide bonds. The third kappa shape index (κ3) is 3.94. The van der Waals surface area contributed by atoms with Crippen LogP contribution in [0, 0.1) is 0 Å². The average Bonchev–Trinajstić information content (AvgIpc) is 2.94. The molecule has 1 aromatic heterocycles. The third-order valence-corrected chi connectivity index (χ3v) is 4.74. The number of benzene rings is 1. The average molecular weight is 314 g/mol. The molecule has 3 rings (SSSR count). The van der Waals surface area contributed by atoms with Gasteiger partial charge in [-0.05, 0) is 42.3 Å². The number of nitrogens with one attached hydrogen (secondary N) is 2. The molecule has 0 aliphatic carbocycles. The summed E-state index contributed by atoms with van der Waals surface area (Å²) in [6.45, 7) is 7.67. The number of rotatable bonds is 3. The van der Waals surface area contributed by atoms with Crippen molar-refractivity contribution < 1.29 is 4.52 Å². The number of piperidine rings is 1. The second-order valence-corrected chi connectivity index (χ2v) is 7.64. The molecule has 23 heavy (non-hydrogen) atoms. The molecule has 0 radical (unpaired) electrons. The topological polar surface area (TPSA) is 58.0 Å². The van der Waals surface area contributed by atoms with Crippen LogP contribution in [0.5, 0.6) is 0 Å². The Kier molecular flexibility index (Phi) is 4.44. The van der Waals surface area contributed by atoms with Crippen LogP contribution in [0.3, 0.4) is 0 Å². The lowest BCUT2D eigenvalue weighted by Gasteiger charge is -2.29. The predicted octanol–water partition coefficient (Wildman–Crippen LogP) is 3.34. The first-order valence-corrected chi connectivity index (χ1v) is 8.43. The van der Waals surface area contributed by atoms with Gasteiger partial charge in [-0.2, -0.15) is 5.16 Å². The van der Waals surface area contributed by atoms with Crippen LogP contribution in [0.2, 0.25) is 0 Å². The molecule has 2 N–H and O–H groups in total. The second-order valence-electron chi connectivity index (χ2n) is 7.64. The number of H-pyrrole nitrogens is 1. The van der Waals surface area contributed by atoms with Crippen LogP contribution in [0.1, 0.15) is 56.4 Å². The van der Waals surface area contributed by atoms with E-state index in [-0.39, 0.29) is 11.0 Å². The Hall–Kier alpha value is -1.81. The van der Waals surface area contributed by atoms with Crippen LogP contribution < -0.4 is 10.9 Å². The van der Waals surface area contributed by atoms with Gasteiger partial charge in [0.2, 0.25) is 0 Å². The van der Waals surface area contributed by atoms with Gasteiger partial charge in [-0.15, -0.1) is 0 Å². The minimum atomic E-state index is -0.146. The van der Waals surface area contributed by atoms with Crippen molar-refractivity contribution in [1.29, 1.82) is 0 Å². The molecule has 4 nitrogen and oxygen atoms in total. The lowest BCUT2D eigenvalue weighted by atomic mass is 9.85. The molecule has 1 fully saturated rings. The summed E-state index contributed by atoms with van der Waals surface area (Å²) >= 11 is 0. The molecule has 2 heterocycles. The molecule has 2 aromatic rings. The number of aromatic amines is 1. The van der Waals surface area contributed by atoms with Gasteiger partial charge in [0.1, 0.15) is 5.76 Å². The van der Waals surface area contributed by atoms with E-state index in [9.17, 15) is 4.79 Å². The SMILES string of the molecule is CC(C)(C)c1ccc(C[C@@H]2C[C@@H](c3cc(=O)[nH]o3)CCN2)cc1. The van der Waals surface area contributed by atoms with E-state index < -0.39 is 0 Å². The molecule has 0 bridgehead atoms. The van der Waals surface area contributed by atoms with E-state index in [0.717, 1.165) is 31.6 Å². The lowest BCUT2D eigenvalue weighted by Crippen LogP contribution is -2.38. The summed E-state index contributed by atoms with van der Waals surface area (Å²) in [4.78, 5) is 11.3. The van der Waals surface area contributed by atoms with Gasteiger partial charge in [0.05, 0.1) is 0 Å². The highest BCUT2D eigenvalue weighted by Gasteiger charge is 2.25. The molecule has 1 saturated heterocycles. The molecule has 1 aliphatic rings. The molecule has 0 unspecified atom stereocenters. The van der Waals surface area contributed by atoms with Gasteiger partial charge in [0.25, 0.3) is 5.56 Å². The van der Waals surface area contributed by atoms with Crippen molar-refractivity contribution in [2.24, 2.45) is 0 Å². The van der Waals surface area contributed by atoms with Gasteiger partial charge in [0.15, 0.2) is 0 Å². The van der Waals surface area contributed by atoms with E-state index >= 15 is 0 Å². The Morgan fingerprint density at radius 3 is 2.57 bits per heavy atom. The molecular formula is C19H26N2O2. The van der Waals surface area contributed by atoms with Crippen LogP contribution in [-0.4, -0.2) is 17.7 Å². The maximum atomic E-state index is 11.3. The Balaban J connectivity index is 1.64. The fraction of sp³-hybridized carbons (Fsp3) is 0.526. The van der Waals surface area contributed by atoms with Crippen LogP contribution in [0.15, 0.2) is 39.6 Å². The maximum absolute atomic E-state index is 11.3. The standard InChI is InChI=1S/C19H26N2O2/c1-19(2,3)15-6-4-13(5-7-15)10-16-11-14(8-9-20-16)17-12-18(22)21-23-17/h4-7,12,14,16,20H,8-11H2,1-3H3,(H,21,22)/t14-,16+/m0/s1. The molecule has 0 saturated carbocycles. The largest absolute Gasteiger partial charge is 0.383 e. The molecule has 1 aliphatic heterocycles. The maximum Gasteiger partial charge on any atom is 0.280 e. The monoisotopic (exact) mass is 314 g/mol. The van der Waals surface area contributed by atoms with E-state index in [4.69, 9.17) is 4.52 Å². The first-order chi connectivity index (χ1) is 10.9. The Morgan fingerprint density at radius 2 is 1.96 bits per heavy atom. The summed E-state index contributed by atoms with van der Waals surface area (Å²) in [7, 11) is 0. The normalized spacial score (nSPS) is 22.2. The molecular weight excluding hydrogens is 288 g/mol. The van der Waals surface area contributed by atoms with Crippen LogP contribution in [0.25, 0.3) is 0 Å². The van der Waals surface area contributed by atoms with Crippen molar-refractivity contribution in [3.63, 3.8) is 0 Å². The van der Waals surface area contributed by atoms with Gasteiger partial charge in [-0.1, -0.05) is 45.0 Å². The van der Waals surface area contributed by atoms with Crippen LogP contribution in [-0.2, 0) is 11.8 Å². The van der Waals surface area contributed by atoms with E-state index in [1.807, 2.05) is 0 Å². The highest BCUT2D eigenvalue weighted by atomic mass is 16.5. The fourth-order valence-electron chi connectivity index (χ4n) is 3.34. The number of hydrogen-bond donors (Lipinski definition) is 2. The van der Waals surface area contributed by atoms with Crippen molar-refractivity contribution >= 4 is 0 Å². The molecule has 2 atom stereocenters. The minimum Gasteiger partial charge on any atom is -0.383 e. The summed E-state index contributed by atoms with van der Waals surface area (Å²) in [5, 5.41) is 5.99. The fourth-order valence-corrected chi connectivity index (χ4v) is 3.34. The minimum absolute atomic E-state index is 0.146. The van der Waals surface area contributed by atoms with Crippen molar-refractivity contribution in [2.45, 2.75) is 57.4 Å². The second kappa shape index (κ2) is 6.36. The van der Waals surface area contributed by atoms with Gasteiger partial charge in [0, 0.05) is 18.0 Å². The van der Waals surface area contributed by atoms with E-state index in [0.29, 0.717) is 12.0 Å². The quantitative estimate of drug-likeness (QED) is 0.913. The van der Waals surface area contributed by atoms with Gasteiger partial charge < -0.3 is 9.84 Å². The summed E-state index contributed by atoms with van der Waals surface area (Å²) in [5.74, 6) is 1.12. The highest BCUT2D eigenvalue weighted by molar-refractivity contribution is 5.28. The van der Waals surface area contributed by atoms with E-state index in [1.165, 1.54) is 11.1 Å². The van der Waals surface area contributed by atoms with E-state index in [2.05, 4.69) is 55.5 Å². The van der Waals surface area contributed by atoms with Crippen LogP contribution >= 0.6 is 0 Å². The summed E-state index contributed by atoms with van der Waals surface area (Å²) in [5.41, 5.74) is 2.77. The summed E-state index contributed by atoms with van der Waals surface area (Å²) in [6.07, 6.45) is 3.03. The number of hydrogen-bond acceptors (Lipinski definition) is 3. The van der Waals surface area contributed by atoms with Gasteiger partial charge in [-0.3, -0.25) is 4.79 Å². The zero-order valence-electron chi connectivity index (χ0n) is 14.2. The summed E-state index contributed by atoms with van der Waals surface area (Å²) in [6, 6.07) is 11.0. The van der Waals surface area contributed by atoms with E-state index in [1.54, 1.807) is 6.07 Å². The van der Waals surface area contributed by atoms with Crippen molar-refractivity contribution in [3.05, 3.63) is 57.6 Å². The molecule has 1 aromatic carbocycles. The highest BCUT2D eigenvalue weighted by Crippen LogP contribution is 2.28. The predicted molar refractivity (Wildman–Crippen MR) is 91.9 cm³/mol. The lowest BCUT2D eigenvalue weighted by molar-refractivity contribution is 0.292. The first kappa shape index (κ1) is 16.1. The van der Waals surface area contributed by atoms with Crippen LogP contribution in [0.4, 0.5) is 0 Å². The molecule has 0 spiro atoms. The Bertz CT molecular complexity index is 691. The zero-order chi connectivity index (χ0) is 16.4. The van der Waals surface area contributed by atoms with Crippen molar-refractivity contribution in [2.75, 3.05) is 6.54 Å². The van der Waals surface area contributed by atoms with Crippen molar-refractivity contribution in [3.8, 4) is 0 Å². The number of aromatic nitrogens is 1. The Morgan fingerprint density at radius 1 is 1.22 bits per heavy atom. The van der Waals surface area contributed by atoms with Crippen molar-refractivity contribution in [1.82, 2.24) is 10.5 Å². The summed E-state index contributed by atoms with van der Waals surface area (Å²) < 4.78 is 5.29. The first-order valence-electron chi connectivity index (χ1n) is 8.43.